The number of aromatic nitrogens is 2. The quantitative estimate of drug-likeness (QED) is 0.670. The van der Waals surface area contributed by atoms with E-state index in [4.69, 9.17) is 17.2 Å². The molecule has 2 heterocycles. The zero-order valence-corrected chi connectivity index (χ0v) is 15.1. The first kappa shape index (κ1) is 16.1. The third-order valence-corrected chi connectivity index (χ3v) is 5.14. The zero-order chi connectivity index (χ0) is 17.2. The molecule has 1 unspecified atom stereocenters. The van der Waals surface area contributed by atoms with Gasteiger partial charge in [0.1, 0.15) is 5.82 Å². The summed E-state index contributed by atoms with van der Waals surface area (Å²) in [5.41, 5.74) is 4.45. The Kier molecular flexibility index (Phi) is 4.40. The van der Waals surface area contributed by atoms with Crippen molar-refractivity contribution >= 4 is 34.1 Å². The van der Waals surface area contributed by atoms with Crippen molar-refractivity contribution in [3.05, 3.63) is 59.9 Å². The summed E-state index contributed by atoms with van der Waals surface area (Å²) in [6, 6.07) is 16.5. The summed E-state index contributed by atoms with van der Waals surface area (Å²) in [5, 5.41) is 4.14. The summed E-state index contributed by atoms with van der Waals surface area (Å²) in [6.45, 7) is 4.00. The highest BCUT2D eigenvalue weighted by atomic mass is 32.1. The number of rotatable bonds is 2. The lowest BCUT2D eigenvalue weighted by Gasteiger charge is -2.33. The molecule has 1 saturated heterocycles. The number of nitrogens with zero attached hydrogens (tertiary/aromatic N) is 2. The average Bonchev–Trinajstić information content (AvgIpc) is 3.06. The first-order valence-electron chi connectivity index (χ1n) is 8.76. The van der Waals surface area contributed by atoms with Gasteiger partial charge >= 0.3 is 0 Å². The van der Waals surface area contributed by atoms with Crippen LogP contribution >= 0.6 is 12.2 Å². The zero-order valence-electron chi connectivity index (χ0n) is 14.3. The highest BCUT2D eigenvalue weighted by Crippen LogP contribution is 2.27. The normalized spacial score (nSPS) is 17.6. The number of aryl methyl sites for hydroxylation is 1. The molecule has 2 N–H and O–H groups in total. The van der Waals surface area contributed by atoms with Gasteiger partial charge in [-0.15, -0.1) is 0 Å². The number of aromatic amines is 1. The van der Waals surface area contributed by atoms with Crippen molar-refractivity contribution in [2.24, 2.45) is 0 Å². The van der Waals surface area contributed by atoms with E-state index in [0.717, 1.165) is 53.6 Å². The van der Waals surface area contributed by atoms with E-state index in [0.29, 0.717) is 5.92 Å². The number of piperidine rings is 1. The van der Waals surface area contributed by atoms with Crippen LogP contribution in [0.4, 0.5) is 5.69 Å². The van der Waals surface area contributed by atoms with Gasteiger partial charge in [0.2, 0.25) is 0 Å². The summed E-state index contributed by atoms with van der Waals surface area (Å²) in [5.74, 6) is 1.46. The first-order chi connectivity index (χ1) is 12.2. The fraction of sp³-hybridized carbons (Fsp3) is 0.300. The second kappa shape index (κ2) is 6.84. The third kappa shape index (κ3) is 3.51. The molecule has 1 fully saturated rings. The smallest absolute Gasteiger partial charge is 0.173 e. The number of fused-ring (bicyclic) bond motifs is 1. The molecule has 1 aliphatic heterocycles. The van der Waals surface area contributed by atoms with Crippen molar-refractivity contribution in [1.29, 1.82) is 0 Å². The molecule has 4 nitrogen and oxygen atoms in total. The topological polar surface area (TPSA) is 44.0 Å². The van der Waals surface area contributed by atoms with Crippen LogP contribution in [0.25, 0.3) is 11.0 Å². The van der Waals surface area contributed by atoms with E-state index in [1.54, 1.807) is 0 Å². The predicted octanol–water partition coefficient (Wildman–Crippen LogP) is 4.45. The van der Waals surface area contributed by atoms with Gasteiger partial charge in [-0.25, -0.2) is 4.98 Å². The number of imidazole rings is 1. The molecule has 2 aromatic carbocycles. The van der Waals surface area contributed by atoms with Gasteiger partial charge in [-0.05, 0) is 61.8 Å². The maximum atomic E-state index is 5.62. The van der Waals surface area contributed by atoms with Gasteiger partial charge in [-0.2, -0.15) is 0 Å². The molecule has 1 aliphatic rings. The Labute approximate surface area is 153 Å². The Morgan fingerprint density at radius 1 is 1.24 bits per heavy atom. The van der Waals surface area contributed by atoms with E-state index >= 15 is 0 Å². The van der Waals surface area contributed by atoms with E-state index in [-0.39, 0.29) is 0 Å². The molecular formula is C20H22N4S. The second-order valence-corrected chi connectivity index (χ2v) is 7.11. The average molecular weight is 350 g/mol. The molecule has 0 aliphatic carbocycles. The van der Waals surface area contributed by atoms with Gasteiger partial charge in [0.05, 0.1) is 11.0 Å². The summed E-state index contributed by atoms with van der Waals surface area (Å²) >= 11 is 5.62. The molecule has 3 aromatic rings. The fourth-order valence-electron chi connectivity index (χ4n) is 3.45. The molecule has 0 bridgehead atoms. The molecule has 4 rings (SSSR count). The van der Waals surface area contributed by atoms with Gasteiger partial charge in [0, 0.05) is 24.7 Å². The summed E-state index contributed by atoms with van der Waals surface area (Å²) < 4.78 is 0. The number of benzene rings is 2. The summed E-state index contributed by atoms with van der Waals surface area (Å²) in [7, 11) is 0. The molecule has 1 atom stereocenters. The number of likely N-dealkylation sites (tertiary alicyclic amines) is 1. The van der Waals surface area contributed by atoms with Gasteiger partial charge < -0.3 is 15.2 Å². The van der Waals surface area contributed by atoms with Crippen LogP contribution in [-0.2, 0) is 0 Å². The van der Waals surface area contributed by atoms with Crippen LogP contribution in [0.2, 0.25) is 0 Å². The maximum absolute atomic E-state index is 5.62. The molecule has 128 valence electrons. The number of anilines is 1. The molecule has 0 spiro atoms. The van der Waals surface area contributed by atoms with Crippen LogP contribution < -0.4 is 5.32 Å². The second-order valence-electron chi connectivity index (χ2n) is 6.72. The van der Waals surface area contributed by atoms with Crippen molar-refractivity contribution in [2.45, 2.75) is 25.7 Å². The summed E-state index contributed by atoms with van der Waals surface area (Å²) in [6.07, 6.45) is 2.26. The molecule has 0 radical (unpaired) electrons. The number of hydrogen-bond donors (Lipinski definition) is 2. The van der Waals surface area contributed by atoms with Crippen molar-refractivity contribution < 1.29 is 0 Å². The standard InChI is InChI=1S/C20H22N4S/c1-14-9-10-17-18(12-14)23-19(22-17)15-6-5-11-24(13-15)20(25)21-16-7-3-2-4-8-16/h2-4,7-10,12,15H,5-6,11,13H2,1H3,(H,21,25)(H,22,23). The van der Waals surface area contributed by atoms with Crippen LogP contribution in [0.3, 0.4) is 0 Å². The van der Waals surface area contributed by atoms with E-state index in [1.165, 1.54) is 5.56 Å². The fourth-order valence-corrected chi connectivity index (χ4v) is 3.73. The Balaban J connectivity index is 1.49. The Hall–Kier alpha value is -2.40. The van der Waals surface area contributed by atoms with Gasteiger partial charge in [0.25, 0.3) is 0 Å². The summed E-state index contributed by atoms with van der Waals surface area (Å²) in [4.78, 5) is 10.6. The number of thiocarbonyl (C=S) groups is 1. The Morgan fingerprint density at radius 2 is 2.08 bits per heavy atom. The van der Waals surface area contributed by atoms with Gasteiger partial charge in [0.15, 0.2) is 5.11 Å². The van der Waals surface area contributed by atoms with Crippen LogP contribution in [0, 0.1) is 6.92 Å². The van der Waals surface area contributed by atoms with E-state index in [9.17, 15) is 0 Å². The lowest BCUT2D eigenvalue weighted by molar-refractivity contribution is 0.307. The van der Waals surface area contributed by atoms with Crippen molar-refractivity contribution in [3.8, 4) is 0 Å². The molecule has 0 saturated carbocycles. The number of para-hydroxylation sites is 1. The highest BCUT2D eigenvalue weighted by Gasteiger charge is 2.25. The molecular weight excluding hydrogens is 328 g/mol. The minimum Gasteiger partial charge on any atom is -0.348 e. The van der Waals surface area contributed by atoms with Crippen LogP contribution in [0.15, 0.2) is 48.5 Å². The lowest BCUT2D eigenvalue weighted by atomic mass is 9.98. The van der Waals surface area contributed by atoms with E-state index in [2.05, 4.69) is 40.3 Å². The molecule has 5 heteroatoms. The minimum absolute atomic E-state index is 0.386. The Morgan fingerprint density at radius 3 is 2.92 bits per heavy atom. The van der Waals surface area contributed by atoms with Gasteiger partial charge in [-0.1, -0.05) is 24.3 Å². The predicted molar refractivity (Wildman–Crippen MR) is 107 cm³/mol. The first-order valence-corrected chi connectivity index (χ1v) is 9.17. The van der Waals surface area contributed by atoms with E-state index < -0.39 is 0 Å². The maximum Gasteiger partial charge on any atom is 0.173 e. The van der Waals surface area contributed by atoms with Crippen LogP contribution in [0.1, 0.15) is 30.1 Å². The highest BCUT2D eigenvalue weighted by molar-refractivity contribution is 7.80. The number of H-pyrrole nitrogens is 1. The van der Waals surface area contributed by atoms with Gasteiger partial charge in [-0.3, -0.25) is 0 Å². The van der Waals surface area contributed by atoms with Crippen molar-refractivity contribution in [3.63, 3.8) is 0 Å². The Bertz CT molecular complexity index is 887. The third-order valence-electron chi connectivity index (χ3n) is 4.78. The van der Waals surface area contributed by atoms with Crippen LogP contribution in [-0.4, -0.2) is 33.1 Å². The van der Waals surface area contributed by atoms with Crippen LogP contribution in [0.5, 0.6) is 0 Å². The minimum atomic E-state index is 0.386. The molecule has 25 heavy (non-hydrogen) atoms. The monoisotopic (exact) mass is 350 g/mol. The van der Waals surface area contributed by atoms with Crippen molar-refractivity contribution in [1.82, 2.24) is 14.9 Å². The molecule has 1 aromatic heterocycles. The van der Waals surface area contributed by atoms with Crippen molar-refractivity contribution in [2.75, 3.05) is 18.4 Å². The lowest BCUT2D eigenvalue weighted by Crippen LogP contribution is -2.41. The largest absolute Gasteiger partial charge is 0.348 e. The number of hydrogen-bond acceptors (Lipinski definition) is 2. The SMILES string of the molecule is Cc1ccc2nc(C3CCCN(C(=S)Nc4ccccc4)C3)[nH]c2c1. The number of nitrogens with one attached hydrogen (secondary N) is 2. The van der Waals surface area contributed by atoms with E-state index in [1.807, 2.05) is 30.3 Å². The molecule has 0 amide bonds.